The Kier molecular flexibility index (Phi) is 3.38. The van der Waals surface area contributed by atoms with E-state index < -0.39 is 0 Å². The van der Waals surface area contributed by atoms with Crippen molar-refractivity contribution in [2.24, 2.45) is 0 Å². The van der Waals surface area contributed by atoms with Crippen LogP contribution in [0.1, 0.15) is 0 Å². The van der Waals surface area contributed by atoms with Crippen LogP contribution in [0.25, 0.3) is 0 Å². The largest absolute Gasteiger partial charge is 0.394 e. The summed E-state index contributed by atoms with van der Waals surface area (Å²) < 4.78 is 6.60. The number of hydrogen-bond donors (Lipinski definition) is 1. The van der Waals surface area contributed by atoms with Gasteiger partial charge in [-0.2, -0.15) is 0 Å². The van der Waals surface area contributed by atoms with Gasteiger partial charge in [0.2, 0.25) is 0 Å². The fraction of sp³-hybridized carbons (Fsp3) is 1.00. The highest BCUT2D eigenvalue weighted by Gasteiger charge is 2.37. The summed E-state index contributed by atoms with van der Waals surface area (Å²) in [4.78, 5) is 2.55. The van der Waals surface area contributed by atoms with E-state index in [0.29, 0.717) is 6.61 Å². The molecule has 0 aliphatic carbocycles. The van der Waals surface area contributed by atoms with Gasteiger partial charge in [-0.25, -0.2) is 0 Å². The first-order valence-electron chi connectivity index (χ1n) is 5.61. The minimum Gasteiger partial charge on any atom is -0.394 e. The molecule has 3 fully saturated rings. The van der Waals surface area contributed by atoms with Gasteiger partial charge in [0, 0.05) is 19.6 Å². The summed E-state index contributed by atoms with van der Waals surface area (Å²) in [7, 11) is 0. The quantitative estimate of drug-likeness (QED) is 0.464. The number of aliphatic hydroxyl groups excluding tert-OH is 1. The first-order valence-corrected chi connectivity index (χ1v) is 5.61. The molecule has 3 aliphatic heterocycles. The summed E-state index contributed by atoms with van der Waals surface area (Å²) in [5.74, 6) is 0. The summed E-state index contributed by atoms with van der Waals surface area (Å²) in [6.45, 7) is 10.3. The third-order valence-corrected chi connectivity index (χ3v) is 3.62. The monoisotopic (exact) mass is 201 g/mol. The zero-order chi connectivity index (χ0) is 9.86. The molecular weight excluding hydrogens is 180 g/mol. The molecule has 82 valence electrons. The van der Waals surface area contributed by atoms with E-state index in [4.69, 9.17) is 9.84 Å². The van der Waals surface area contributed by atoms with E-state index in [-0.39, 0.29) is 6.61 Å². The molecule has 0 saturated carbocycles. The molecule has 14 heavy (non-hydrogen) atoms. The van der Waals surface area contributed by atoms with Gasteiger partial charge in [-0.15, -0.1) is 0 Å². The molecule has 0 radical (unpaired) electrons. The van der Waals surface area contributed by atoms with Crippen LogP contribution in [0.3, 0.4) is 0 Å². The Morgan fingerprint density at radius 3 is 2.29 bits per heavy atom. The van der Waals surface area contributed by atoms with Crippen LogP contribution in [-0.2, 0) is 4.74 Å². The van der Waals surface area contributed by atoms with Crippen molar-refractivity contribution in [2.45, 2.75) is 0 Å². The summed E-state index contributed by atoms with van der Waals surface area (Å²) in [6, 6.07) is 0. The minimum absolute atomic E-state index is 0.147. The topological polar surface area (TPSA) is 32.7 Å². The minimum atomic E-state index is 0.147. The lowest BCUT2D eigenvalue weighted by Crippen LogP contribution is -2.67. The van der Waals surface area contributed by atoms with Crippen LogP contribution in [0.2, 0.25) is 0 Å². The lowest BCUT2D eigenvalue weighted by atomic mass is 10.1. The highest BCUT2D eigenvalue weighted by Crippen LogP contribution is 2.18. The van der Waals surface area contributed by atoms with Crippen molar-refractivity contribution in [1.29, 1.82) is 0 Å². The normalized spacial score (nSPS) is 36.2. The molecule has 0 spiro atoms. The highest BCUT2D eigenvalue weighted by atomic mass is 16.5. The second-order valence-electron chi connectivity index (χ2n) is 4.41. The van der Waals surface area contributed by atoms with Gasteiger partial charge in [0.15, 0.2) is 0 Å². The van der Waals surface area contributed by atoms with Crippen LogP contribution >= 0.6 is 0 Å². The first-order chi connectivity index (χ1) is 6.85. The zero-order valence-corrected chi connectivity index (χ0v) is 8.82. The molecule has 3 saturated heterocycles. The molecule has 3 rings (SSSR count). The summed E-state index contributed by atoms with van der Waals surface area (Å²) in [5.41, 5.74) is 0. The molecule has 0 aromatic rings. The second kappa shape index (κ2) is 4.57. The van der Waals surface area contributed by atoms with Crippen LogP contribution in [0.15, 0.2) is 0 Å². The summed E-state index contributed by atoms with van der Waals surface area (Å²) >= 11 is 0. The molecule has 0 aromatic heterocycles. The lowest BCUT2D eigenvalue weighted by molar-refractivity contribution is -0.941. The number of hydrogen-bond acceptors (Lipinski definition) is 3. The number of ether oxygens (including phenoxy) is 1. The fourth-order valence-electron chi connectivity index (χ4n) is 2.49. The van der Waals surface area contributed by atoms with Crippen molar-refractivity contribution in [3.63, 3.8) is 0 Å². The average molecular weight is 201 g/mol. The smallest absolute Gasteiger partial charge is 0.103 e. The van der Waals surface area contributed by atoms with Gasteiger partial charge in [0.25, 0.3) is 0 Å². The Morgan fingerprint density at radius 1 is 1.07 bits per heavy atom. The van der Waals surface area contributed by atoms with Gasteiger partial charge in [-0.3, -0.25) is 4.90 Å². The van der Waals surface area contributed by atoms with E-state index in [1.807, 2.05) is 0 Å². The average Bonchev–Trinajstić information content (AvgIpc) is 2.27. The van der Waals surface area contributed by atoms with Crippen LogP contribution in [0.5, 0.6) is 0 Å². The van der Waals surface area contributed by atoms with E-state index in [0.717, 1.165) is 13.2 Å². The van der Waals surface area contributed by atoms with Gasteiger partial charge in [0.05, 0.1) is 39.5 Å². The molecule has 3 aliphatic rings. The van der Waals surface area contributed by atoms with Crippen molar-refractivity contribution in [3.8, 4) is 0 Å². The Balaban J connectivity index is 1.72. The standard InChI is InChI=1S/C10H21N2O2/c13-8-10-14-9-7-12-4-1-11(2-5-12)3-6-12/h13H,1-10H2/q+1. The number of quaternary nitrogens is 1. The lowest BCUT2D eigenvalue weighted by Gasteiger charge is -2.50. The second-order valence-corrected chi connectivity index (χ2v) is 4.41. The summed E-state index contributed by atoms with van der Waals surface area (Å²) in [6.07, 6.45) is 0. The van der Waals surface area contributed by atoms with Crippen LogP contribution in [-0.4, -0.2) is 80.1 Å². The van der Waals surface area contributed by atoms with Gasteiger partial charge in [0.1, 0.15) is 6.54 Å². The zero-order valence-electron chi connectivity index (χ0n) is 8.82. The van der Waals surface area contributed by atoms with E-state index in [1.165, 1.54) is 43.8 Å². The maximum Gasteiger partial charge on any atom is 0.103 e. The van der Waals surface area contributed by atoms with Gasteiger partial charge < -0.3 is 14.3 Å². The van der Waals surface area contributed by atoms with Crippen LogP contribution < -0.4 is 0 Å². The number of aliphatic hydroxyl groups is 1. The third kappa shape index (κ3) is 2.25. The molecule has 0 aromatic carbocycles. The molecule has 2 bridgehead atoms. The Hall–Kier alpha value is -0.160. The van der Waals surface area contributed by atoms with Gasteiger partial charge in [-0.1, -0.05) is 0 Å². The Bertz CT molecular complexity index is 165. The maximum absolute atomic E-state index is 8.60. The SMILES string of the molecule is OCCOCC[N+]12CCN(CC1)CC2. The number of piperazine rings is 3. The molecule has 1 N–H and O–H groups in total. The van der Waals surface area contributed by atoms with Crippen molar-refractivity contribution < 1.29 is 14.3 Å². The van der Waals surface area contributed by atoms with Gasteiger partial charge in [-0.05, 0) is 0 Å². The van der Waals surface area contributed by atoms with Crippen molar-refractivity contribution in [1.82, 2.24) is 4.90 Å². The number of nitrogens with zero attached hydrogens (tertiary/aromatic N) is 2. The van der Waals surface area contributed by atoms with Crippen LogP contribution in [0.4, 0.5) is 0 Å². The third-order valence-electron chi connectivity index (χ3n) is 3.62. The molecule has 3 heterocycles. The maximum atomic E-state index is 8.60. The Labute approximate surface area is 85.6 Å². The summed E-state index contributed by atoms with van der Waals surface area (Å²) in [5, 5.41) is 8.60. The van der Waals surface area contributed by atoms with E-state index in [1.54, 1.807) is 0 Å². The molecule has 0 amide bonds. The first kappa shape index (κ1) is 10.4. The van der Waals surface area contributed by atoms with Crippen molar-refractivity contribution in [2.75, 3.05) is 65.6 Å². The van der Waals surface area contributed by atoms with Gasteiger partial charge >= 0.3 is 0 Å². The Morgan fingerprint density at radius 2 is 1.71 bits per heavy atom. The predicted molar refractivity (Wildman–Crippen MR) is 54.1 cm³/mol. The van der Waals surface area contributed by atoms with E-state index in [2.05, 4.69) is 4.90 Å². The van der Waals surface area contributed by atoms with Crippen molar-refractivity contribution >= 4 is 0 Å². The highest BCUT2D eigenvalue weighted by molar-refractivity contribution is 4.70. The van der Waals surface area contributed by atoms with Crippen LogP contribution in [0, 0.1) is 0 Å². The molecule has 4 nitrogen and oxygen atoms in total. The predicted octanol–water partition coefficient (Wildman–Crippen LogP) is -0.859. The van der Waals surface area contributed by atoms with E-state index in [9.17, 15) is 0 Å². The van der Waals surface area contributed by atoms with E-state index >= 15 is 0 Å². The number of fused-ring (bicyclic) bond motifs is 3. The number of rotatable bonds is 5. The van der Waals surface area contributed by atoms with Crippen molar-refractivity contribution in [3.05, 3.63) is 0 Å². The molecule has 0 unspecified atom stereocenters. The molecular formula is C10H21N2O2+. The molecule has 0 atom stereocenters. The fourth-order valence-corrected chi connectivity index (χ4v) is 2.49. The molecule has 4 heteroatoms.